The zero-order valence-corrected chi connectivity index (χ0v) is 5.05. The molecule has 0 saturated carbocycles. The fraction of sp³-hybridized carbons (Fsp3) is 0.143. The van der Waals surface area contributed by atoms with E-state index in [9.17, 15) is 0 Å². The molecule has 1 aromatic rings. The predicted octanol–water partition coefficient (Wildman–Crippen LogP) is 1.80. The van der Waals surface area contributed by atoms with Crippen LogP contribution < -0.4 is 9.47 Å². The highest BCUT2D eigenvalue weighted by atomic mass is 16.6. The van der Waals surface area contributed by atoms with Crippen molar-refractivity contribution in [2.24, 2.45) is 0 Å². The van der Waals surface area contributed by atoms with E-state index < -0.39 is 0 Å². The van der Waals surface area contributed by atoms with Crippen molar-refractivity contribution in [3.05, 3.63) is 18.2 Å². The zero-order chi connectivity index (χ0) is 6.27. The van der Waals surface area contributed by atoms with Crippen LogP contribution in [0.15, 0.2) is 18.2 Å². The molecule has 2 aliphatic heterocycles. The Morgan fingerprint density at radius 3 is 2.33 bits per heavy atom. The average Bonchev–Trinajstić information content (AvgIpc) is 1.90. The summed E-state index contributed by atoms with van der Waals surface area (Å²) in [5.74, 6) is 2.56. The number of fused-ring (bicyclic) bond motifs is 2. The Kier molecular flexibility index (Phi) is 0.730. The lowest BCUT2D eigenvalue weighted by atomic mass is 10.2. The first-order valence-corrected chi connectivity index (χ1v) is 2.76. The van der Waals surface area contributed by atoms with Crippen LogP contribution >= 0.6 is 0 Å². The lowest BCUT2D eigenvalue weighted by molar-refractivity contribution is 0.314. The molecule has 0 aliphatic carbocycles. The largest absolute Gasteiger partial charge is 0.490 e. The van der Waals surface area contributed by atoms with Gasteiger partial charge in [-0.05, 0) is 12.1 Å². The Labute approximate surface area is 53.0 Å². The molecule has 0 aromatic heterocycles. The normalized spacial score (nSPS) is 11.7. The molecule has 2 heterocycles. The molecule has 1 aromatic carbocycles. The molecule has 0 fully saturated rings. The van der Waals surface area contributed by atoms with E-state index in [0.29, 0.717) is 0 Å². The summed E-state index contributed by atoms with van der Waals surface area (Å²) < 4.78 is 10.1. The van der Waals surface area contributed by atoms with Crippen molar-refractivity contribution in [2.45, 2.75) is 0 Å². The predicted molar refractivity (Wildman–Crippen MR) is 33.1 cm³/mol. The van der Waals surface area contributed by atoms with Gasteiger partial charge in [0.05, 0.1) is 7.11 Å². The van der Waals surface area contributed by atoms with Crippen LogP contribution in [-0.4, -0.2) is 7.11 Å². The first-order chi connectivity index (χ1) is 4.42. The lowest BCUT2D eigenvalue weighted by Gasteiger charge is -2.21. The Bertz CT molecular complexity index is 222. The number of benzene rings is 1. The van der Waals surface area contributed by atoms with Crippen molar-refractivity contribution in [3.63, 3.8) is 0 Å². The van der Waals surface area contributed by atoms with Gasteiger partial charge in [0.15, 0.2) is 11.5 Å². The number of para-hydroxylation sites is 1. The number of hydrogen-bond acceptors (Lipinski definition) is 2. The van der Waals surface area contributed by atoms with Gasteiger partial charge >= 0.3 is 0 Å². The molecule has 0 N–H and O–H groups in total. The van der Waals surface area contributed by atoms with Crippen molar-refractivity contribution in [2.75, 3.05) is 7.11 Å². The Hall–Kier alpha value is -1.18. The number of ether oxygens (including phenoxy) is 2. The molecule has 2 heteroatoms. The highest BCUT2D eigenvalue weighted by Crippen LogP contribution is 2.48. The minimum Gasteiger partial charge on any atom is -0.490 e. The van der Waals surface area contributed by atoms with E-state index in [0.717, 1.165) is 17.2 Å². The van der Waals surface area contributed by atoms with Crippen LogP contribution in [0.2, 0.25) is 0 Å². The SMILES string of the molecule is COc1c2cccc1O2. The van der Waals surface area contributed by atoms with Crippen LogP contribution in [0.3, 0.4) is 0 Å². The fourth-order valence-corrected chi connectivity index (χ4v) is 0.930. The van der Waals surface area contributed by atoms with Gasteiger partial charge in [0.2, 0.25) is 5.75 Å². The smallest absolute Gasteiger partial charge is 0.204 e. The van der Waals surface area contributed by atoms with Crippen molar-refractivity contribution in [1.29, 1.82) is 0 Å². The third-order valence-electron chi connectivity index (χ3n) is 1.37. The second kappa shape index (κ2) is 1.41. The van der Waals surface area contributed by atoms with E-state index in [4.69, 9.17) is 9.47 Å². The number of methoxy groups -OCH3 is 1. The van der Waals surface area contributed by atoms with E-state index >= 15 is 0 Å². The first-order valence-electron chi connectivity index (χ1n) is 2.76. The summed E-state index contributed by atoms with van der Waals surface area (Å²) >= 11 is 0. The van der Waals surface area contributed by atoms with E-state index in [1.165, 1.54) is 0 Å². The molecule has 2 aliphatic rings. The summed E-state index contributed by atoms with van der Waals surface area (Å²) in [6.07, 6.45) is 0. The first kappa shape index (κ1) is 4.68. The topological polar surface area (TPSA) is 18.5 Å². The molecular weight excluding hydrogens is 116 g/mol. The van der Waals surface area contributed by atoms with E-state index in [2.05, 4.69) is 0 Å². The summed E-state index contributed by atoms with van der Waals surface area (Å²) in [6.45, 7) is 0. The van der Waals surface area contributed by atoms with Crippen LogP contribution in [0.1, 0.15) is 0 Å². The highest BCUT2D eigenvalue weighted by Gasteiger charge is 2.20. The van der Waals surface area contributed by atoms with Gasteiger partial charge in [-0.15, -0.1) is 0 Å². The van der Waals surface area contributed by atoms with Gasteiger partial charge in [-0.2, -0.15) is 0 Å². The van der Waals surface area contributed by atoms with Gasteiger partial charge in [0, 0.05) is 0 Å². The van der Waals surface area contributed by atoms with Crippen LogP contribution in [0.4, 0.5) is 0 Å². The summed E-state index contributed by atoms with van der Waals surface area (Å²) in [5, 5.41) is 0. The Balaban J connectivity index is 2.55. The van der Waals surface area contributed by atoms with Crippen LogP contribution in [-0.2, 0) is 0 Å². The quantitative estimate of drug-likeness (QED) is 0.574. The second-order valence-electron chi connectivity index (χ2n) is 1.89. The maximum atomic E-state index is 5.11. The van der Waals surface area contributed by atoms with Gasteiger partial charge in [0.1, 0.15) is 0 Å². The van der Waals surface area contributed by atoms with Crippen molar-refractivity contribution < 1.29 is 9.47 Å². The van der Waals surface area contributed by atoms with Gasteiger partial charge in [-0.25, -0.2) is 0 Å². The standard InChI is InChI=1S/C7H6O2/c1-8-7-5-3-2-4-6(7)9-5/h2-4H,1H3. The Morgan fingerprint density at radius 2 is 2.00 bits per heavy atom. The summed E-state index contributed by atoms with van der Waals surface area (Å²) in [4.78, 5) is 0. The molecule has 2 nitrogen and oxygen atoms in total. The maximum absolute atomic E-state index is 5.11. The molecule has 3 rings (SSSR count). The van der Waals surface area contributed by atoms with E-state index in [1.54, 1.807) is 7.11 Å². The average molecular weight is 122 g/mol. The molecule has 46 valence electrons. The van der Waals surface area contributed by atoms with E-state index in [-0.39, 0.29) is 0 Å². The Morgan fingerprint density at radius 1 is 1.33 bits per heavy atom. The fourth-order valence-electron chi connectivity index (χ4n) is 0.930. The van der Waals surface area contributed by atoms with Crippen LogP contribution in [0.5, 0.6) is 17.2 Å². The van der Waals surface area contributed by atoms with Crippen LogP contribution in [0.25, 0.3) is 0 Å². The van der Waals surface area contributed by atoms with Gasteiger partial charge < -0.3 is 9.47 Å². The third kappa shape index (κ3) is 0.447. The zero-order valence-electron chi connectivity index (χ0n) is 5.05. The van der Waals surface area contributed by atoms with Gasteiger partial charge in [-0.1, -0.05) is 6.07 Å². The molecule has 0 radical (unpaired) electrons. The summed E-state index contributed by atoms with van der Waals surface area (Å²) in [6, 6.07) is 5.70. The lowest BCUT2D eigenvalue weighted by Crippen LogP contribution is -2.00. The van der Waals surface area contributed by atoms with Crippen molar-refractivity contribution in [3.8, 4) is 17.2 Å². The molecule has 0 spiro atoms. The number of rotatable bonds is 1. The minimum atomic E-state index is 0.843. The molecule has 0 saturated heterocycles. The third-order valence-corrected chi connectivity index (χ3v) is 1.37. The molecule has 0 unspecified atom stereocenters. The van der Waals surface area contributed by atoms with Gasteiger partial charge in [-0.3, -0.25) is 0 Å². The molecule has 2 bridgehead atoms. The molecular formula is C7H6O2. The summed E-state index contributed by atoms with van der Waals surface area (Å²) in [7, 11) is 1.64. The molecule has 0 amide bonds. The molecule has 9 heavy (non-hydrogen) atoms. The van der Waals surface area contributed by atoms with Crippen molar-refractivity contribution >= 4 is 0 Å². The maximum Gasteiger partial charge on any atom is 0.204 e. The summed E-state index contributed by atoms with van der Waals surface area (Å²) in [5.41, 5.74) is 0. The monoisotopic (exact) mass is 122 g/mol. The van der Waals surface area contributed by atoms with Crippen molar-refractivity contribution in [1.82, 2.24) is 0 Å². The van der Waals surface area contributed by atoms with Crippen LogP contribution in [0, 0.1) is 0 Å². The van der Waals surface area contributed by atoms with Gasteiger partial charge in [0.25, 0.3) is 0 Å². The number of hydrogen-bond donors (Lipinski definition) is 0. The minimum absolute atomic E-state index is 0.843. The second-order valence-corrected chi connectivity index (χ2v) is 1.89. The molecule has 0 atom stereocenters. The van der Waals surface area contributed by atoms with E-state index in [1.807, 2.05) is 18.2 Å². The highest BCUT2D eigenvalue weighted by molar-refractivity contribution is 5.60.